The molecule has 2 heterocycles. The molecule has 3 aliphatic rings. The number of hydrogen-bond donors (Lipinski definition) is 1. The van der Waals surface area contributed by atoms with Crippen molar-refractivity contribution in [3.05, 3.63) is 12.2 Å². The van der Waals surface area contributed by atoms with Crippen molar-refractivity contribution in [3.8, 4) is 6.07 Å². The molecule has 3 fully saturated rings. The van der Waals surface area contributed by atoms with Gasteiger partial charge in [0.1, 0.15) is 11.6 Å². The van der Waals surface area contributed by atoms with Gasteiger partial charge in [-0.05, 0) is 75.5 Å². The third-order valence-corrected chi connectivity index (χ3v) is 7.37. The molecule has 5 rings (SSSR count). The third-order valence-electron chi connectivity index (χ3n) is 7.37. The molecule has 0 radical (unpaired) electrons. The van der Waals surface area contributed by atoms with Crippen LogP contribution in [-0.4, -0.2) is 25.6 Å². The normalized spacial score (nSPS) is 23.1. The Hall–Kier alpha value is -2.16. The molecule has 0 bridgehead atoms. The first-order valence-electron chi connectivity index (χ1n) is 10.6. The highest BCUT2D eigenvalue weighted by Gasteiger charge is 2.44. The van der Waals surface area contributed by atoms with Crippen LogP contribution in [0.25, 0.3) is 11.2 Å². The lowest BCUT2D eigenvalue weighted by Crippen LogP contribution is -2.31. The predicted octanol–water partition coefficient (Wildman–Crippen LogP) is 4.27. The Bertz CT molecular complexity index is 876. The fourth-order valence-electron chi connectivity index (χ4n) is 4.97. The third kappa shape index (κ3) is 3.18. The number of hydrogen-bond acceptors (Lipinski definition) is 5. The minimum atomic E-state index is 0.199. The number of aromatic nitrogens is 4. The van der Waals surface area contributed by atoms with E-state index in [9.17, 15) is 5.26 Å². The van der Waals surface area contributed by atoms with Gasteiger partial charge in [-0.1, -0.05) is 6.42 Å². The second kappa shape index (κ2) is 6.47. The fourth-order valence-corrected chi connectivity index (χ4v) is 4.97. The molecule has 3 saturated carbocycles. The summed E-state index contributed by atoms with van der Waals surface area (Å²) in [5, 5.41) is 12.9. The van der Waals surface area contributed by atoms with Gasteiger partial charge in [-0.2, -0.15) is 15.2 Å². The van der Waals surface area contributed by atoms with Crippen LogP contribution in [0.15, 0.2) is 6.33 Å². The van der Waals surface area contributed by atoms with Crippen molar-refractivity contribution in [3.63, 3.8) is 0 Å². The summed E-state index contributed by atoms with van der Waals surface area (Å²) in [5.74, 6) is 2.39. The van der Waals surface area contributed by atoms with Crippen molar-refractivity contribution in [1.29, 1.82) is 5.26 Å². The zero-order valence-corrected chi connectivity index (χ0v) is 16.1. The lowest BCUT2D eigenvalue weighted by atomic mass is 9.80. The molecule has 27 heavy (non-hydrogen) atoms. The zero-order valence-electron chi connectivity index (χ0n) is 16.1. The van der Waals surface area contributed by atoms with E-state index in [0.29, 0.717) is 23.5 Å². The summed E-state index contributed by atoms with van der Waals surface area (Å²) in [4.78, 5) is 13.4. The molecule has 2 aromatic heterocycles. The van der Waals surface area contributed by atoms with Crippen LogP contribution in [0.3, 0.4) is 0 Å². The Morgan fingerprint density at radius 3 is 2.63 bits per heavy atom. The monoisotopic (exact) mass is 364 g/mol. The fraction of sp³-hybridized carbons (Fsp3) is 0.714. The number of nitrogens with one attached hydrogen (secondary N) is 1. The lowest BCUT2D eigenvalue weighted by Gasteiger charge is -2.32. The van der Waals surface area contributed by atoms with Gasteiger partial charge in [0.05, 0.1) is 6.33 Å². The first-order valence-corrected chi connectivity index (χ1v) is 10.6. The first-order chi connectivity index (χ1) is 13.2. The van der Waals surface area contributed by atoms with E-state index < -0.39 is 0 Å². The molecule has 1 unspecified atom stereocenters. The van der Waals surface area contributed by atoms with Crippen LogP contribution < -0.4 is 5.32 Å². The van der Waals surface area contributed by atoms with Gasteiger partial charge in [-0.25, -0.2) is 4.98 Å². The number of nitriles is 1. The maximum atomic E-state index is 9.31. The molecule has 6 nitrogen and oxygen atoms in total. The van der Waals surface area contributed by atoms with Crippen molar-refractivity contribution >= 4 is 17.0 Å². The van der Waals surface area contributed by atoms with Crippen molar-refractivity contribution in [2.45, 2.75) is 77.3 Å². The van der Waals surface area contributed by atoms with Gasteiger partial charge < -0.3 is 9.88 Å². The minimum absolute atomic E-state index is 0.199. The van der Waals surface area contributed by atoms with E-state index in [2.05, 4.69) is 37.8 Å². The van der Waals surface area contributed by atoms with Crippen LogP contribution in [0.2, 0.25) is 0 Å². The van der Waals surface area contributed by atoms with Gasteiger partial charge in [0, 0.05) is 12.6 Å². The molecule has 1 atom stereocenters. The smallest absolute Gasteiger partial charge is 0.236 e. The average molecular weight is 364 g/mol. The van der Waals surface area contributed by atoms with Gasteiger partial charge in [0.25, 0.3) is 0 Å². The van der Waals surface area contributed by atoms with Crippen molar-refractivity contribution in [2.75, 3.05) is 5.32 Å². The van der Waals surface area contributed by atoms with Gasteiger partial charge in [0.15, 0.2) is 11.5 Å². The van der Waals surface area contributed by atoms with Crippen LogP contribution in [-0.2, 0) is 6.54 Å². The Morgan fingerprint density at radius 1 is 1.22 bits per heavy atom. The number of rotatable bonds is 5. The van der Waals surface area contributed by atoms with Gasteiger partial charge in [-0.15, -0.1) is 0 Å². The summed E-state index contributed by atoms with van der Waals surface area (Å²) >= 11 is 0. The highest BCUT2D eigenvalue weighted by atomic mass is 15.2. The maximum Gasteiger partial charge on any atom is 0.236 e. The summed E-state index contributed by atoms with van der Waals surface area (Å²) in [6, 6.07) is 2.44. The highest BCUT2D eigenvalue weighted by Crippen LogP contribution is 2.57. The van der Waals surface area contributed by atoms with E-state index in [1.54, 1.807) is 0 Å². The summed E-state index contributed by atoms with van der Waals surface area (Å²) in [6.45, 7) is 3.20. The summed E-state index contributed by atoms with van der Waals surface area (Å²) in [6.07, 6.45) is 14.1. The molecule has 1 spiro atoms. The standard InChI is InChI=1S/C21H28N6/c1-14(16-3-2-4-16)24-20-18-19(25-17(11-22)26-20)23-13-27(18)12-15-5-7-21(8-6-15)9-10-21/h13-16H,2-10,12H2,1H3,(H,24,25,26). The van der Waals surface area contributed by atoms with Crippen molar-refractivity contribution in [2.24, 2.45) is 17.3 Å². The van der Waals surface area contributed by atoms with E-state index in [1.807, 2.05) is 6.33 Å². The lowest BCUT2D eigenvalue weighted by molar-refractivity contribution is 0.238. The maximum absolute atomic E-state index is 9.31. The summed E-state index contributed by atoms with van der Waals surface area (Å²) in [7, 11) is 0. The van der Waals surface area contributed by atoms with Crippen LogP contribution >= 0.6 is 0 Å². The molecule has 3 aliphatic carbocycles. The number of nitrogens with zero attached hydrogens (tertiary/aromatic N) is 5. The second-order valence-electron chi connectivity index (χ2n) is 9.14. The first kappa shape index (κ1) is 17.0. The Kier molecular flexibility index (Phi) is 4.07. The molecule has 0 saturated heterocycles. The second-order valence-corrected chi connectivity index (χ2v) is 9.14. The topological polar surface area (TPSA) is 79.4 Å². The molecule has 6 heteroatoms. The van der Waals surface area contributed by atoms with Crippen molar-refractivity contribution < 1.29 is 0 Å². The SMILES string of the molecule is CC(Nc1nc(C#N)nc2ncn(CC3CCC4(CC3)CC4)c12)C1CCC1. The molecule has 0 aromatic carbocycles. The van der Waals surface area contributed by atoms with Crippen molar-refractivity contribution in [1.82, 2.24) is 19.5 Å². The largest absolute Gasteiger partial charge is 0.365 e. The summed E-state index contributed by atoms with van der Waals surface area (Å²) < 4.78 is 2.22. The Morgan fingerprint density at radius 2 is 2.00 bits per heavy atom. The van der Waals surface area contributed by atoms with E-state index in [1.165, 1.54) is 57.8 Å². The molecule has 1 N–H and O–H groups in total. The minimum Gasteiger partial charge on any atom is -0.365 e. The average Bonchev–Trinajstić information content (AvgIpc) is 3.26. The molecular formula is C21H28N6. The van der Waals surface area contributed by atoms with Gasteiger partial charge >= 0.3 is 0 Å². The quantitative estimate of drug-likeness (QED) is 0.857. The molecule has 2 aromatic rings. The Balaban J connectivity index is 1.41. The molecular weight excluding hydrogens is 336 g/mol. The van der Waals surface area contributed by atoms with Crippen LogP contribution in [0.5, 0.6) is 0 Å². The van der Waals surface area contributed by atoms with E-state index >= 15 is 0 Å². The van der Waals surface area contributed by atoms with Crippen LogP contribution in [0, 0.1) is 28.6 Å². The van der Waals surface area contributed by atoms with E-state index in [4.69, 9.17) is 0 Å². The molecule has 142 valence electrons. The van der Waals surface area contributed by atoms with Gasteiger partial charge in [-0.3, -0.25) is 0 Å². The van der Waals surface area contributed by atoms with E-state index in [-0.39, 0.29) is 5.82 Å². The zero-order chi connectivity index (χ0) is 18.4. The molecule has 0 aliphatic heterocycles. The Labute approximate surface area is 160 Å². The summed E-state index contributed by atoms with van der Waals surface area (Å²) in [5.41, 5.74) is 2.33. The number of anilines is 1. The number of imidazole rings is 1. The van der Waals surface area contributed by atoms with E-state index in [0.717, 1.165) is 23.3 Å². The predicted molar refractivity (Wildman–Crippen MR) is 104 cm³/mol. The molecule has 0 amide bonds. The van der Waals surface area contributed by atoms with Gasteiger partial charge in [0.2, 0.25) is 5.82 Å². The van der Waals surface area contributed by atoms with Crippen LogP contribution in [0.1, 0.15) is 70.5 Å². The van der Waals surface area contributed by atoms with Crippen LogP contribution in [0.4, 0.5) is 5.82 Å². The highest BCUT2D eigenvalue weighted by molar-refractivity contribution is 5.83. The number of fused-ring (bicyclic) bond motifs is 1.